The highest BCUT2D eigenvalue weighted by Crippen LogP contribution is 2.24. The number of nitrogens with two attached hydrogens (primary N) is 1. The second kappa shape index (κ2) is 5.76. The summed E-state index contributed by atoms with van der Waals surface area (Å²) in [5.41, 5.74) is 6.00. The first kappa shape index (κ1) is 13.3. The van der Waals surface area contributed by atoms with Gasteiger partial charge in [0.1, 0.15) is 5.76 Å². The van der Waals surface area contributed by atoms with Gasteiger partial charge in [-0.2, -0.15) is 4.98 Å². The first-order valence-electron chi connectivity index (χ1n) is 7.06. The predicted octanol–water partition coefficient (Wildman–Crippen LogP) is 2.46. The van der Waals surface area contributed by atoms with Gasteiger partial charge < -0.3 is 19.4 Å². The van der Waals surface area contributed by atoms with Crippen LogP contribution < -0.4 is 5.73 Å². The first-order chi connectivity index (χ1) is 9.76. The summed E-state index contributed by atoms with van der Waals surface area (Å²) in [4.78, 5) is 4.27. The van der Waals surface area contributed by atoms with Gasteiger partial charge in [0.25, 0.3) is 5.89 Å². The lowest BCUT2D eigenvalue weighted by molar-refractivity contribution is -0.00549. The lowest BCUT2D eigenvalue weighted by Gasteiger charge is -2.26. The van der Waals surface area contributed by atoms with Crippen LogP contribution in [0.4, 0.5) is 0 Å². The van der Waals surface area contributed by atoms with E-state index in [1.165, 1.54) is 6.42 Å². The number of hydrogen-bond acceptors (Lipinski definition) is 6. The third-order valence-corrected chi connectivity index (χ3v) is 3.56. The minimum absolute atomic E-state index is 0.351. The highest BCUT2D eigenvalue weighted by Gasteiger charge is 2.22. The summed E-state index contributed by atoms with van der Waals surface area (Å²) in [5.74, 6) is 2.28. The molecule has 108 valence electrons. The number of aryl methyl sites for hydroxylation is 1. The molecule has 0 amide bonds. The summed E-state index contributed by atoms with van der Waals surface area (Å²) in [6.45, 7) is 2.44. The van der Waals surface area contributed by atoms with Gasteiger partial charge in [0.2, 0.25) is 0 Å². The quantitative estimate of drug-likeness (QED) is 0.872. The second-order valence-electron chi connectivity index (χ2n) is 5.07. The molecule has 2 aromatic heterocycles. The lowest BCUT2D eigenvalue weighted by Crippen LogP contribution is -2.27. The number of furan rings is 1. The molecule has 0 aromatic carbocycles. The van der Waals surface area contributed by atoms with E-state index < -0.39 is 0 Å². The molecule has 0 radical (unpaired) electrons. The number of aromatic nitrogens is 2. The number of hydrogen-bond donors (Lipinski definition) is 1. The molecule has 0 bridgehead atoms. The van der Waals surface area contributed by atoms with Crippen molar-refractivity contribution >= 4 is 0 Å². The Labute approximate surface area is 117 Å². The summed E-state index contributed by atoms with van der Waals surface area (Å²) < 4.78 is 16.4. The molecular formula is C14H19N3O3. The van der Waals surface area contributed by atoms with Crippen molar-refractivity contribution in [3.63, 3.8) is 0 Å². The Kier molecular flexibility index (Phi) is 3.84. The van der Waals surface area contributed by atoms with Gasteiger partial charge in [0, 0.05) is 6.42 Å². The van der Waals surface area contributed by atoms with Crippen LogP contribution in [-0.2, 0) is 11.2 Å². The summed E-state index contributed by atoms with van der Waals surface area (Å²) in [7, 11) is 0. The molecule has 1 fully saturated rings. The Morgan fingerprint density at radius 1 is 1.45 bits per heavy atom. The molecule has 1 atom stereocenters. The molecule has 1 unspecified atom stereocenters. The molecular weight excluding hydrogens is 258 g/mol. The van der Waals surface area contributed by atoms with Crippen molar-refractivity contribution in [1.29, 1.82) is 0 Å². The molecule has 2 aromatic rings. The molecule has 2 N–H and O–H groups in total. The van der Waals surface area contributed by atoms with Crippen LogP contribution in [0.15, 0.2) is 21.1 Å². The Balaban J connectivity index is 1.62. The fraction of sp³-hybridized carbons (Fsp3) is 0.571. The van der Waals surface area contributed by atoms with Crippen molar-refractivity contribution in [2.45, 2.75) is 44.8 Å². The minimum atomic E-state index is -0.367. The smallest absolute Gasteiger partial charge is 0.293 e. The van der Waals surface area contributed by atoms with Crippen molar-refractivity contribution in [2.75, 3.05) is 6.61 Å². The van der Waals surface area contributed by atoms with Gasteiger partial charge in [0.05, 0.1) is 18.8 Å². The van der Waals surface area contributed by atoms with E-state index in [4.69, 9.17) is 19.4 Å². The molecule has 6 nitrogen and oxygen atoms in total. The number of nitrogens with zero attached hydrogens (tertiary/aromatic N) is 2. The van der Waals surface area contributed by atoms with Gasteiger partial charge in [-0.1, -0.05) is 12.1 Å². The summed E-state index contributed by atoms with van der Waals surface area (Å²) in [6.07, 6.45) is 4.66. The average Bonchev–Trinajstić information content (AvgIpc) is 3.05. The lowest BCUT2D eigenvalue weighted by atomic mass is 9.96. The molecule has 0 saturated heterocycles. The normalized spacial score (nSPS) is 17.1. The third-order valence-electron chi connectivity index (χ3n) is 3.56. The van der Waals surface area contributed by atoms with E-state index in [0.29, 0.717) is 30.2 Å². The van der Waals surface area contributed by atoms with E-state index in [1.807, 2.05) is 19.1 Å². The maximum Gasteiger partial charge on any atom is 0.293 e. The van der Waals surface area contributed by atoms with Gasteiger partial charge in [0.15, 0.2) is 11.6 Å². The molecule has 1 aliphatic carbocycles. The Morgan fingerprint density at radius 3 is 2.95 bits per heavy atom. The van der Waals surface area contributed by atoms with E-state index >= 15 is 0 Å². The topological polar surface area (TPSA) is 87.3 Å². The number of rotatable bonds is 6. The minimum Gasteiger partial charge on any atom is -0.456 e. The number of ether oxygens (including phenoxy) is 1. The molecule has 0 aliphatic heterocycles. The summed E-state index contributed by atoms with van der Waals surface area (Å²) in [5, 5.41) is 3.90. The van der Waals surface area contributed by atoms with Gasteiger partial charge in [-0.3, -0.25) is 0 Å². The molecule has 2 heterocycles. The molecule has 20 heavy (non-hydrogen) atoms. The fourth-order valence-electron chi connectivity index (χ4n) is 2.02. The highest BCUT2D eigenvalue weighted by molar-refractivity contribution is 5.44. The Morgan fingerprint density at radius 2 is 2.30 bits per heavy atom. The van der Waals surface area contributed by atoms with Gasteiger partial charge in [-0.25, -0.2) is 0 Å². The third kappa shape index (κ3) is 2.76. The summed E-state index contributed by atoms with van der Waals surface area (Å²) >= 11 is 0. The highest BCUT2D eigenvalue weighted by atomic mass is 16.5. The molecule has 1 saturated carbocycles. The average molecular weight is 277 g/mol. The zero-order chi connectivity index (χ0) is 13.9. The van der Waals surface area contributed by atoms with E-state index in [1.54, 1.807) is 0 Å². The maximum absolute atomic E-state index is 6.00. The van der Waals surface area contributed by atoms with Crippen LogP contribution in [0.1, 0.15) is 43.8 Å². The van der Waals surface area contributed by atoms with Crippen molar-refractivity contribution in [3.05, 3.63) is 23.7 Å². The van der Waals surface area contributed by atoms with Gasteiger partial charge >= 0.3 is 0 Å². The van der Waals surface area contributed by atoms with Crippen molar-refractivity contribution in [3.8, 4) is 11.7 Å². The van der Waals surface area contributed by atoms with E-state index in [2.05, 4.69) is 10.1 Å². The van der Waals surface area contributed by atoms with E-state index in [9.17, 15) is 0 Å². The predicted molar refractivity (Wildman–Crippen MR) is 71.9 cm³/mol. The van der Waals surface area contributed by atoms with Crippen LogP contribution in [0.25, 0.3) is 11.7 Å². The van der Waals surface area contributed by atoms with Crippen LogP contribution in [0.3, 0.4) is 0 Å². The maximum atomic E-state index is 6.00. The first-order valence-corrected chi connectivity index (χ1v) is 7.06. The molecule has 6 heteroatoms. The zero-order valence-corrected chi connectivity index (χ0v) is 11.5. The van der Waals surface area contributed by atoms with Gasteiger partial charge in [-0.05, 0) is 31.4 Å². The Bertz CT molecular complexity index is 560. The van der Waals surface area contributed by atoms with Crippen LogP contribution in [0, 0.1) is 0 Å². The molecule has 1 aliphatic rings. The fourth-order valence-corrected chi connectivity index (χ4v) is 2.02. The van der Waals surface area contributed by atoms with E-state index in [-0.39, 0.29) is 6.04 Å². The Hall–Kier alpha value is -1.66. The van der Waals surface area contributed by atoms with Crippen molar-refractivity contribution < 1.29 is 13.7 Å². The van der Waals surface area contributed by atoms with Crippen LogP contribution in [0.2, 0.25) is 0 Å². The van der Waals surface area contributed by atoms with Crippen LogP contribution in [0.5, 0.6) is 0 Å². The molecule has 3 rings (SSSR count). The van der Waals surface area contributed by atoms with Gasteiger partial charge in [-0.15, -0.1) is 0 Å². The second-order valence-corrected chi connectivity index (χ2v) is 5.07. The summed E-state index contributed by atoms with van der Waals surface area (Å²) in [6, 6.07) is 3.36. The van der Waals surface area contributed by atoms with Crippen molar-refractivity contribution in [2.24, 2.45) is 5.73 Å². The standard InChI is InChI=1S/C14H19N3O3/c1-2-9-6-7-12(19-9)14-16-13(17-20-14)11(15)8-18-10-4-3-5-10/h6-7,10-11H,2-5,8,15H2,1H3. The zero-order valence-electron chi connectivity index (χ0n) is 11.5. The van der Waals surface area contributed by atoms with E-state index in [0.717, 1.165) is 25.0 Å². The van der Waals surface area contributed by atoms with Crippen molar-refractivity contribution in [1.82, 2.24) is 10.1 Å². The molecule has 0 spiro atoms. The van der Waals surface area contributed by atoms with Crippen LogP contribution in [-0.4, -0.2) is 22.9 Å². The SMILES string of the molecule is CCc1ccc(-c2nc(C(N)COC3CCC3)no2)o1. The van der Waals surface area contributed by atoms with Crippen LogP contribution >= 0.6 is 0 Å². The largest absolute Gasteiger partial charge is 0.456 e. The monoisotopic (exact) mass is 277 g/mol.